The van der Waals surface area contributed by atoms with Gasteiger partial charge in [0.15, 0.2) is 0 Å². The fourth-order valence-electron chi connectivity index (χ4n) is 3.70. The molecule has 3 heteroatoms. The molecule has 4 rings (SSSR count). The van der Waals surface area contributed by atoms with Gasteiger partial charge in [-0.1, -0.05) is 23.8 Å². The zero-order valence-corrected chi connectivity index (χ0v) is 15.6. The fourth-order valence-corrected chi connectivity index (χ4v) is 3.70. The molecular weight excluding hydrogens is 318 g/mol. The molecule has 0 aliphatic carbocycles. The maximum Gasteiger partial charge on any atom is 0.222 e. The molecule has 2 aromatic carbocycles. The van der Waals surface area contributed by atoms with Gasteiger partial charge in [0.05, 0.1) is 16.8 Å². The quantitative estimate of drug-likeness (QED) is 0.495. The predicted molar refractivity (Wildman–Crippen MR) is 106 cm³/mol. The first-order valence-electron chi connectivity index (χ1n) is 8.82. The number of nitrogens with zero attached hydrogens (tertiary/aromatic N) is 3. The number of aryl methyl sites for hydroxylation is 3. The molecule has 4 aromatic rings. The zero-order valence-electron chi connectivity index (χ0n) is 15.6. The monoisotopic (exact) mass is 340 g/mol. The minimum Gasteiger partial charge on any atom is -0.245 e. The first kappa shape index (κ1) is 16.4. The van der Waals surface area contributed by atoms with Gasteiger partial charge in [-0.2, -0.15) is 4.57 Å². The summed E-state index contributed by atoms with van der Waals surface area (Å²) in [7, 11) is 2.14. The molecule has 3 nitrogen and oxygen atoms in total. The lowest BCUT2D eigenvalue weighted by molar-refractivity contribution is -0.633. The molecule has 0 saturated carbocycles. The third-order valence-corrected chi connectivity index (χ3v) is 5.11. The third kappa shape index (κ3) is 2.66. The molecule has 128 valence electrons. The first-order chi connectivity index (χ1) is 12.6. The topological polar surface area (TPSA) is 29.7 Å². The predicted octanol–water partition coefficient (Wildman–Crippen LogP) is 4.71. The van der Waals surface area contributed by atoms with Crippen LogP contribution in [0.25, 0.3) is 33.4 Å². The van der Waals surface area contributed by atoms with Crippen LogP contribution in [0.2, 0.25) is 0 Å². The maximum atomic E-state index is 4.53. The third-order valence-electron chi connectivity index (χ3n) is 5.11. The van der Waals surface area contributed by atoms with E-state index in [2.05, 4.69) is 84.8 Å². The highest BCUT2D eigenvalue weighted by atomic mass is 14.9. The molecule has 2 aromatic heterocycles. The highest BCUT2D eigenvalue weighted by molar-refractivity contribution is 5.88. The summed E-state index contributed by atoms with van der Waals surface area (Å²) in [5, 5.41) is 1.20. The van der Waals surface area contributed by atoms with Gasteiger partial charge in [-0.15, -0.1) is 0 Å². The van der Waals surface area contributed by atoms with Crippen LogP contribution in [0, 0.1) is 20.8 Å². The molecule has 0 saturated heterocycles. The van der Waals surface area contributed by atoms with Crippen molar-refractivity contribution in [3.05, 3.63) is 77.7 Å². The maximum absolute atomic E-state index is 4.53. The minimum absolute atomic E-state index is 0.940. The van der Waals surface area contributed by atoms with E-state index in [4.69, 9.17) is 0 Å². The summed E-state index contributed by atoms with van der Waals surface area (Å²) in [5.74, 6) is 0. The van der Waals surface area contributed by atoms with Crippen molar-refractivity contribution in [2.24, 2.45) is 7.05 Å². The molecule has 0 bridgehead atoms. The van der Waals surface area contributed by atoms with Gasteiger partial charge >= 0.3 is 0 Å². The molecule has 0 aliphatic rings. The van der Waals surface area contributed by atoms with Crippen LogP contribution in [0.3, 0.4) is 0 Å². The Hall–Kier alpha value is -3.07. The van der Waals surface area contributed by atoms with Gasteiger partial charge in [-0.3, -0.25) is 0 Å². The van der Waals surface area contributed by atoms with Crippen molar-refractivity contribution >= 4 is 10.9 Å². The number of para-hydroxylation sites is 1. The molecule has 0 N–H and O–H groups in total. The average Bonchev–Trinajstić information content (AvgIpc) is 2.65. The highest BCUT2D eigenvalue weighted by Gasteiger charge is 2.24. The molecule has 0 amide bonds. The Kier molecular flexibility index (Phi) is 4.00. The van der Waals surface area contributed by atoms with E-state index in [1.54, 1.807) is 12.5 Å². The van der Waals surface area contributed by atoms with Crippen LogP contribution in [0.15, 0.2) is 61.1 Å². The van der Waals surface area contributed by atoms with Crippen LogP contribution in [0.5, 0.6) is 0 Å². The van der Waals surface area contributed by atoms with Crippen LogP contribution in [-0.2, 0) is 7.05 Å². The Morgan fingerprint density at radius 2 is 1.69 bits per heavy atom. The number of benzene rings is 2. The van der Waals surface area contributed by atoms with E-state index in [1.807, 2.05) is 6.07 Å². The highest BCUT2D eigenvalue weighted by Crippen LogP contribution is 2.34. The minimum atomic E-state index is 0.940. The number of fused-ring (bicyclic) bond motifs is 1. The molecule has 0 atom stereocenters. The van der Waals surface area contributed by atoms with Crippen molar-refractivity contribution in [1.29, 1.82) is 0 Å². The average molecular weight is 340 g/mol. The van der Waals surface area contributed by atoms with Crippen LogP contribution in [0.4, 0.5) is 0 Å². The lowest BCUT2D eigenvalue weighted by Gasteiger charge is -2.14. The molecule has 2 heterocycles. The van der Waals surface area contributed by atoms with Crippen molar-refractivity contribution < 1.29 is 4.57 Å². The summed E-state index contributed by atoms with van der Waals surface area (Å²) >= 11 is 0. The lowest BCUT2D eigenvalue weighted by atomic mass is 9.93. The van der Waals surface area contributed by atoms with Crippen LogP contribution in [-0.4, -0.2) is 9.97 Å². The molecule has 26 heavy (non-hydrogen) atoms. The number of pyridine rings is 1. The number of hydrogen-bond acceptors (Lipinski definition) is 2. The summed E-state index contributed by atoms with van der Waals surface area (Å²) in [6.45, 7) is 6.53. The molecule has 0 radical (unpaired) electrons. The Labute approximate surface area is 154 Å². The van der Waals surface area contributed by atoms with Gasteiger partial charge in [0, 0.05) is 17.6 Å². The Morgan fingerprint density at radius 1 is 0.885 bits per heavy atom. The summed E-state index contributed by atoms with van der Waals surface area (Å²) < 4.78 is 2.29. The van der Waals surface area contributed by atoms with Gasteiger partial charge in [-0.25, -0.2) is 9.97 Å². The Balaban J connectivity index is 2.16. The number of aromatic nitrogens is 3. The normalized spacial score (nSPS) is 11.1. The number of rotatable bonds is 2. The fraction of sp³-hybridized carbons (Fsp3) is 0.174. The Bertz CT molecular complexity index is 1120. The molecule has 0 aliphatic heterocycles. The van der Waals surface area contributed by atoms with Crippen LogP contribution >= 0.6 is 0 Å². The SMILES string of the molecule is Cc1cc(C)c(C)c(-c2c(-c3ccncn3)cc3ccccc3[n+]2C)c1. The first-order valence-corrected chi connectivity index (χ1v) is 8.82. The van der Waals surface area contributed by atoms with Crippen molar-refractivity contribution in [3.8, 4) is 22.5 Å². The van der Waals surface area contributed by atoms with Crippen molar-refractivity contribution in [3.63, 3.8) is 0 Å². The van der Waals surface area contributed by atoms with E-state index >= 15 is 0 Å². The lowest BCUT2D eigenvalue weighted by Crippen LogP contribution is -2.33. The summed E-state index contributed by atoms with van der Waals surface area (Å²) in [4.78, 5) is 8.62. The summed E-state index contributed by atoms with van der Waals surface area (Å²) in [5.41, 5.74) is 9.59. The van der Waals surface area contributed by atoms with Crippen LogP contribution < -0.4 is 4.57 Å². The summed E-state index contributed by atoms with van der Waals surface area (Å²) in [6, 6.07) is 17.2. The van der Waals surface area contributed by atoms with Gasteiger partial charge < -0.3 is 0 Å². The zero-order chi connectivity index (χ0) is 18.3. The summed E-state index contributed by atoms with van der Waals surface area (Å²) in [6.07, 6.45) is 3.41. The molecule has 0 fully saturated rings. The second kappa shape index (κ2) is 6.34. The standard InChI is InChI=1S/C23H22N3/c1-15-11-16(2)17(3)19(12-15)23-20(21-9-10-24-14-25-21)13-18-7-5-6-8-22(18)26(23)4/h5-14H,1-4H3/q+1. The second-order valence-corrected chi connectivity index (χ2v) is 6.87. The van der Waals surface area contributed by atoms with E-state index in [0.29, 0.717) is 0 Å². The van der Waals surface area contributed by atoms with Crippen molar-refractivity contribution in [1.82, 2.24) is 9.97 Å². The van der Waals surface area contributed by atoms with E-state index in [-0.39, 0.29) is 0 Å². The van der Waals surface area contributed by atoms with Gasteiger partial charge in [0.1, 0.15) is 13.4 Å². The molecular formula is C23H22N3+. The largest absolute Gasteiger partial charge is 0.245 e. The van der Waals surface area contributed by atoms with E-state index in [9.17, 15) is 0 Å². The smallest absolute Gasteiger partial charge is 0.222 e. The second-order valence-electron chi connectivity index (χ2n) is 6.87. The van der Waals surface area contributed by atoms with E-state index in [0.717, 1.165) is 11.3 Å². The van der Waals surface area contributed by atoms with Crippen molar-refractivity contribution in [2.75, 3.05) is 0 Å². The van der Waals surface area contributed by atoms with E-state index in [1.165, 1.54) is 38.9 Å². The Morgan fingerprint density at radius 3 is 2.46 bits per heavy atom. The van der Waals surface area contributed by atoms with Gasteiger partial charge in [0.2, 0.25) is 11.2 Å². The van der Waals surface area contributed by atoms with Gasteiger partial charge in [0.25, 0.3) is 0 Å². The number of hydrogen-bond donors (Lipinski definition) is 0. The van der Waals surface area contributed by atoms with Crippen LogP contribution in [0.1, 0.15) is 16.7 Å². The van der Waals surface area contributed by atoms with Crippen molar-refractivity contribution in [2.45, 2.75) is 20.8 Å². The van der Waals surface area contributed by atoms with Gasteiger partial charge in [-0.05, 0) is 56.2 Å². The van der Waals surface area contributed by atoms with E-state index < -0.39 is 0 Å². The molecule has 0 unspecified atom stereocenters. The molecule has 0 spiro atoms.